The van der Waals surface area contributed by atoms with Crippen LogP contribution in [0, 0.1) is 17.0 Å². The summed E-state index contributed by atoms with van der Waals surface area (Å²) in [6, 6.07) is 12.9. The smallest absolute Gasteiger partial charge is 0.294 e. The molecule has 1 aliphatic rings. The van der Waals surface area contributed by atoms with E-state index < -0.39 is 0 Å². The summed E-state index contributed by atoms with van der Waals surface area (Å²) < 4.78 is 5.81. The van der Waals surface area contributed by atoms with E-state index in [1.807, 2.05) is 36.1 Å². The average Bonchev–Trinajstić information content (AvgIpc) is 2.62. The molecular weight excluding hydrogens is 354 g/mol. The molecule has 0 atom stereocenters. The van der Waals surface area contributed by atoms with E-state index in [0.29, 0.717) is 17.3 Å². The lowest BCUT2D eigenvalue weighted by Gasteiger charge is -2.35. The van der Waals surface area contributed by atoms with Crippen LogP contribution < -0.4 is 9.64 Å². The summed E-state index contributed by atoms with van der Waals surface area (Å²) >= 11 is 5.90. The highest BCUT2D eigenvalue weighted by molar-refractivity contribution is 6.30. The SMILES string of the molecule is Cc1cccc(OCCN2CCN(c3ccc(Cl)cc3[N+](=O)[O-])CC2)c1. The van der Waals surface area contributed by atoms with Gasteiger partial charge >= 0.3 is 0 Å². The Morgan fingerprint density at radius 2 is 1.92 bits per heavy atom. The van der Waals surface area contributed by atoms with Crippen LogP contribution in [0.2, 0.25) is 5.02 Å². The van der Waals surface area contributed by atoms with Crippen LogP contribution in [-0.2, 0) is 0 Å². The van der Waals surface area contributed by atoms with Crippen LogP contribution in [0.25, 0.3) is 0 Å². The highest BCUT2D eigenvalue weighted by atomic mass is 35.5. The molecule has 1 aliphatic heterocycles. The standard InChI is InChI=1S/C19H22ClN3O3/c1-15-3-2-4-17(13-15)26-12-11-21-7-9-22(10-8-21)18-6-5-16(20)14-19(18)23(24)25/h2-6,13-14H,7-12H2,1H3. The van der Waals surface area contributed by atoms with E-state index >= 15 is 0 Å². The first kappa shape index (κ1) is 18.5. The van der Waals surface area contributed by atoms with Gasteiger partial charge in [-0.3, -0.25) is 15.0 Å². The molecule has 2 aromatic carbocycles. The quantitative estimate of drug-likeness (QED) is 0.568. The van der Waals surface area contributed by atoms with Crippen molar-refractivity contribution in [1.82, 2.24) is 4.90 Å². The second-order valence-corrected chi connectivity index (χ2v) is 6.82. The summed E-state index contributed by atoms with van der Waals surface area (Å²) in [5.41, 5.74) is 1.88. The lowest BCUT2D eigenvalue weighted by atomic mass is 10.2. The maximum atomic E-state index is 11.3. The summed E-state index contributed by atoms with van der Waals surface area (Å²) in [5.74, 6) is 0.889. The van der Waals surface area contributed by atoms with Crippen molar-refractivity contribution in [3.63, 3.8) is 0 Å². The maximum absolute atomic E-state index is 11.3. The number of hydrogen-bond donors (Lipinski definition) is 0. The molecule has 0 N–H and O–H groups in total. The minimum Gasteiger partial charge on any atom is -0.492 e. The van der Waals surface area contributed by atoms with Crippen LogP contribution in [-0.4, -0.2) is 49.2 Å². The molecule has 1 saturated heterocycles. The third kappa shape index (κ3) is 4.65. The van der Waals surface area contributed by atoms with Crippen LogP contribution >= 0.6 is 11.6 Å². The number of anilines is 1. The van der Waals surface area contributed by atoms with Crippen LogP contribution in [0.3, 0.4) is 0 Å². The molecule has 6 nitrogen and oxygen atoms in total. The summed E-state index contributed by atoms with van der Waals surface area (Å²) in [6.45, 7) is 6.69. The number of nitrogens with zero attached hydrogens (tertiary/aromatic N) is 3. The number of benzene rings is 2. The number of nitro benzene ring substituents is 1. The Morgan fingerprint density at radius 1 is 1.15 bits per heavy atom. The van der Waals surface area contributed by atoms with Crippen molar-refractivity contribution in [3.05, 3.63) is 63.2 Å². The first-order chi connectivity index (χ1) is 12.5. The second-order valence-electron chi connectivity index (χ2n) is 6.38. The van der Waals surface area contributed by atoms with Crippen molar-refractivity contribution >= 4 is 23.0 Å². The third-order valence-corrected chi connectivity index (χ3v) is 4.75. The van der Waals surface area contributed by atoms with Gasteiger partial charge in [-0.15, -0.1) is 0 Å². The van der Waals surface area contributed by atoms with E-state index in [2.05, 4.69) is 4.90 Å². The Labute approximate surface area is 158 Å². The topological polar surface area (TPSA) is 58.8 Å². The average molecular weight is 376 g/mol. The number of ether oxygens (including phenoxy) is 1. The zero-order valence-corrected chi connectivity index (χ0v) is 15.5. The zero-order chi connectivity index (χ0) is 18.5. The predicted octanol–water partition coefficient (Wildman–Crippen LogP) is 3.76. The molecule has 2 aromatic rings. The van der Waals surface area contributed by atoms with Crippen molar-refractivity contribution in [2.45, 2.75) is 6.92 Å². The Bertz CT molecular complexity index is 776. The van der Waals surface area contributed by atoms with E-state index in [-0.39, 0.29) is 10.6 Å². The fourth-order valence-corrected chi connectivity index (χ4v) is 3.29. The Balaban J connectivity index is 1.51. The number of rotatable bonds is 6. The van der Waals surface area contributed by atoms with E-state index in [1.165, 1.54) is 11.6 Å². The molecule has 3 rings (SSSR count). The van der Waals surface area contributed by atoms with Gasteiger partial charge in [-0.2, -0.15) is 0 Å². The fourth-order valence-electron chi connectivity index (χ4n) is 3.12. The van der Waals surface area contributed by atoms with Gasteiger partial charge in [0.15, 0.2) is 0 Å². The number of hydrogen-bond acceptors (Lipinski definition) is 5. The van der Waals surface area contributed by atoms with Crippen molar-refractivity contribution in [2.75, 3.05) is 44.2 Å². The molecular formula is C19H22ClN3O3. The van der Waals surface area contributed by atoms with Gasteiger partial charge in [-0.05, 0) is 36.8 Å². The summed E-state index contributed by atoms with van der Waals surface area (Å²) in [6.07, 6.45) is 0. The monoisotopic (exact) mass is 375 g/mol. The molecule has 0 saturated carbocycles. The van der Waals surface area contributed by atoms with Crippen molar-refractivity contribution < 1.29 is 9.66 Å². The third-order valence-electron chi connectivity index (χ3n) is 4.51. The first-order valence-electron chi connectivity index (χ1n) is 8.63. The molecule has 0 spiro atoms. The summed E-state index contributed by atoms with van der Waals surface area (Å²) in [7, 11) is 0. The summed E-state index contributed by atoms with van der Waals surface area (Å²) in [5, 5.41) is 11.7. The van der Waals surface area contributed by atoms with Gasteiger partial charge < -0.3 is 9.64 Å². The molecule has 1 heterocycles. The molecule has 0 amide bonds. The van der Waals surface area contributed by atoms with Crippen molar-refractivity contribution in [1.29, 1.82) is 0 Å². The lowest BCUT2D eigenvalue weighted by molar-refractivity contribution is -0.384. The highest BCUT2D eigenvalue weighted by Crippen LogP contribution is 2.31. The van der Waals surface area contributed by atoms with E-state index in [4.69, 9.17) is 16.3 Å². The molecule has 138 valence electrons. The number of halogens is 1. The Kier molecular flexibility index (Phi) is 5.96. The van der Waals surface area contributed by atoms with Gasteiger partial charge in [0.25, 0.3) is 5.69 Å². The molecule has 0 bridgehead atoms. The molecule has 0 radical (unpaired) electrons. The molecule has 7 heteroatoms. The predicted molar refractivity (Wildman–Crippen MR) is 103 cm³/mol. The van der Waals surface area contributed by atoms with Gasteiger partial charge in [0.2, 0.25) is 0 Å². The van der Waals surface area contributed by atoms with E-state index in [1.54, 1.807) is 12.1 Å². The van der Waals surface area contributed by atoms with Crippen molar-refractivity contribution in [3.8, 4) is 5.75 Å². The molecule has 0 aromatic heterocycles. The highest BCUT2D eigenvalue weighted by Gasteiger charge is 2.23. The van der Waals surface area contributed by atoms with E-state index in [0.717, 1.165) is 38.5 Å². The second kappa shape index (κ2) is 8.38. The van der Waals surface area contributed by atoms with Gasteiger partial charge in [0.05, 0.1) is 4.92 Å². The molecule has 0 unspecified atom stereocenters. The molecule has 1 fully saturated rings. The van der Waals surface area contributed by atoms with Gasteiger partial charge in [-0.25, -0.2) is 0 Å². The number of nitro groups is 1. The van der Waals surface area contributed by atoms with Gasteiger partial charge in [0.1, 0.15) is 18.0 Å². The fraction of sp³-hybridized carbons (Fsp3) is 0.368. The van der Waals surface area contributed by atoms with Crippen LogP contribution in [0.5, 0.6) is 5.75 Å². The normalized spacial score (nSPS) is 15.1. The zero-order valence-electron chi connectivity index (χ0n) is 14.7. The first-order valence-corrected chi connectivity index (χ1v) is 9.01. The lowest BCUT2D eigenvalue weighted by Crippen LogP contribution is -2.47. The Morgan fingerprint density at radius 3 is 2.62 bits per heavy atom. The molecule has 0 aliphatic carbocycles. The van der Waals surface area contributed by atoms with Crippen LogP contribution in [0.4, 0.5) is 11.4 Å². The van der Waals surface area contributed by atoms with Crippen LogP contribution in [0.15, 0.2) is 42.5 Å². The summed E-state index contributed by atoms with van der Waals surface area (Å²) in [4.78, 5) is 15.3. The number of piperazine rings is 1. The molecule has 26 heavy (non-hydrogen) atoms. The minimum absolute atomic E-state index is 0.0636. The minimum atomic E-state index is -0.372. The van der Waals surface area contributed by atoms with Gasteiger partial charge in [-0.1, -0.05) is 23.7 Å². The van der Waals surface area contributed by atoms with Crippen LogP contribution in [0.1, 0.15) is 5.56 Å². The van der Waals surface area contributed by atoms with Gasteiger partial charge in [0, 0.05) is 43.8 Å². The van der Waals surface area contributed by atoms with E-state index in [9.17, 15) is 10.1 Å². The van der Waals surface area contributed by atoms with Crippen molar-refractivity contribution in [2.24, 2.45) is 0 Å². The largest absolute Gasteiger partial charge is 0.492 e. The maximum Gasteiger partial charge on any atom is 0.294 e. The number of aryl methyl sites for hydroxylation is 1. The Hall–Kier alpha value is -2.31.